The highest BCUT2D eigenvalue weighted by atomic mass is 19.4. The zero-order chi connectivity index (χ0) is 17.5. The van der Waals surface area contributed by atoms with E-state index in [1.54, 1.807) is 11.0 Å². The van der Waals surface area contributed by atoms with Crippen LogP contribution in [0.5, 0.6) is 0 Å². The minimum atomic E-state index is -4.56. The highest BCUT2D eigenvalue weighted by molar-refractivity contribution is 5.78. The summed E-state index contributed by atoms with van der Waals surface area (Å²) in [5.74, 6) is -1.20. The Morgan fingerprint density at radius 2 is 2.21 bits per heavy atom. The molecule has 2 aliphatic rings. The minimum absolute atomic E-state index is 0.0740. The largest absolute Gasteiger partial charge is 0.481 e. The lowest BCUT2D eigenvalue weighted by Gasteiger charge is -2.25. The number of likely N-dealkylation sites (tertiary alicyclic amines) is 1. The second-order valence-corrected chi connectivity index (χ2v) is 6.26. The van der Waals surface area contributed by atoms with Crippen LogP contribution >= 0.6 is 0 Å². The topological polar surface area (TPSA) is 69.6 Å². The Morgan fingerprint density at radius 3 is 2.79 bits per heavy atom. The van der Waals surface area contributed by atoms with Crippen LogP contribution in [0.4, 0.5) is 19.1 Å². The van der Waals surface area contributed by atoms with Gasteiger partial charge < -0.3 is 10.0 Å². The molecule has 24 heavy (non-hydrogen) atoms. The quantitative estimate of drug-likeness (QED) is 0.837. The molecule has 3 rings (SSSR count). The molecular weight excluding hydrogens is 325 g/mol. The predicted octanol–water partition coefficient (Wildman–Crippen LogP) is 1.50. The van der Waals surface area contributed by atoms with E-state index in [1.165, 1.54) is 0 Å². The monoisotopic (exact) mass is 342 g/mol. The smallest absolute Gasteiger partial charge is 0.433 e. The lowest BCUT2D eigenvalue weighted by molar-refractivity contribution is -0.148. The van der Waals surface area contributed by atoms with Gasteiger partial charge in [-0.2, -0.15) is 13.2 Å². The molecular formula is C15H17F3N4O2. The van der Waals surface area contributed by atoms with Gasteiger partial charge in [-0.05, 0) is 6.07 Å². The molecule has 1 N–H and O–H groups in total. The van der Waals surface area contributed by atoms with Gasteiger partial charge in [0.05, 0.1) is 0 Å². The Labute approximate surface area is 136 Å². The normalized spacial score (nSPS) is 27.3. The van der Waals surface area contributed by atoms with Crippen molar-refractivity contribution in [1.29, 1.82) is 0 Å². The average Bonchev–Trinajstić information content (AvgIpc) is 3.02. The van der Waals surface area contributed by atoms with Gasteiger partial charge in [-0.1, -0.05) is 6.08 Å². The number of anilines is 1. The molecule has 1 aromatic heterocycles. The summed E-state index contributed by atoms with van der Waals surface area (Å²) in [6, 6.07) is 0.805. The van der Waals surface area contributed by atoms with Gasteiger partial charge in [0, 0.05) is 44.8 Å². The van der Waals surface area contributed by atoms with E-state index in [1.807, 2.05) is 4.90 Å². The number of alkyl halides is 3. The molecule has 0 saturated carbocycles. The second-order valence-electron chi connectivity index (χ2n) is 6.26. The highest BCUT2D eigenvalue weighted by Crippen LogP contribution is 2.43. The molecule has 0 unspecified atom stereocenters. The molecule has 9 heteroatoms. The van der Waals surface area contributed by atoms with Crippen LogP contribution in [-0.2, 0) is 11.0 Å². The molecule has 2 fully saturated rings. The second kappa shape index (κ2) is 5.73. The third-order valence-corrected chi connectivity index (χ3v) is 4.71. The summed E-state index contributed by atoms with van der Waals surface area (Å²) in [5, 5.41) is 9.71. The van der Waals surface area contributed by atoms with Gasteiger partial charge in [-0.15, -0.1) is 6.58 Å². The fraction of sp³-hybridized carbons (Fsp3) is 0.533. The van der Waals surface area contributed by atoms with Gasteiger partial charge in [-0.25, -0.2) is 9.97 Å². The van der Waals surface area contributed by atoms with Crippen molar-refractivity contribution in [3.63, 3.8) is 0 Å². The number of fused-ring (bicyclic) bond motifs is 1. The third kappa shape index (κ3) is 2.72. The van der Waals surface area contributed by atoms with Crippen molar-refractivity contribution in [1.82, 2.24) is 14.9 Å². The van der Waals surface area contributed by atoms with Gasteiger partial charge >= 0.3 is 12.1 Å². The number of nitrogens with zero attached hydrogens (tertiary/aromatic N) is 4. The molecule has 0 amide bonds. The van der Waals surface area contributed by atoms with E-state index >= 15 is 0 Å². The van der Waals surface area contributed by atoms with Crippen LogP contribution in [0.15, 0.2) is 24.9 Å². The number of carboxylic acid groups (broad SMARTS) is 1. The van der Waals surface area contributed by atoms with Crippen LogP contribution in [0.25, 0.3) is 0 Å². The average molecular weight is 342 g/mol. The van der Waals surface area contributed by atoms with E-state index < -0.39 is 23.3 Å². The fourth-order valence-corrected chi connectivity index (χ4v) is 3.60. The maximum atomic E-state index is 12.8. The zero-order valence-electron chi connectivity index (χ0n) is 12.8. The van der Waals surface area contributed by atoms with Crippen molar-refractivity contribution < 1.29 is 23.1 Å². The molecule has 2 aliphatic heterocycles. The standard InChI is InChI=1S/C15H17F3N4O2/c1-2-5-21-6-10-7-22(9-14(10,8-21)12(23)24)13-19-4-3-11(20-13)15(16,17)18/h2-4,10H,1,5-9H2,(H,23,24)/t10-,14-/m1/s1. The SMILES string of the molecule is C=CCN1C[C@@H]2CN(c3nccc(C(F)(F)F)n3)C[C@]2(C(=O)O)C1. The van der Waals surface area contributed by atoms with Crippen molar-refractivity contribution in [2.75, 3.05) is 37.6 Å². The molecule has 0 aliphatic carbocycles. The zero-order valence-corrected chi connectivity index (χ0v) is 12.8. The van der Waals surface area contributed by atoms with Crippen LogP contribution in [0.2, 0.25) is 0 Å². The van der Waals surface area contributed by atoms with Crippen molar-refractivity contribution >= 4 is 11.9 Å². The van der Waals surface area contributed by atoms with Gasteiger partial charge in [0.25, 0.3) is 0 Å². The van der Waals surface area contributed by atoms with Crippen molar-refractivity contribution in [3.8, 4) is 0 Å². The molecule has 0 aromatic carbocycles. The molecule has 3 heterocycles. The molecule has 130 valence electrons. The Morgan fingerprint density at radius 1 is 1.46 bits per heavy atom. The summed E-state index contributed by atoms with van der Waals surface area (Å²) in [6.45, 7) is 5.57. The molecule has 6 nitrogen and oxygen atoms in total. The summed E-state index contributed by atoms with van der Waals surface area (Å²) in [7, 11) is 0. The van der Waals surface area contributed by atoms with E-state index in [9.17, 15) is 23.1 Å². The third-order valence-electron chi connectivity index (χ3n) is 4.71. The van der Waals surface area contributed by atoms with Gasteiger partial charge in [0.2, 0.25) is 5.95 Å². The van der Waals surface area contributed by atoms with Crippen molar-refractivity contribution in [2.24, 2.45) is 11.3 Å². The summed E-state index contributed by atoms with van der Waals surface area (Å²) in [5.41, 5.74) is -2.04. The van der Waals surface area contributed by atoms with E-state index in [0.717, 1.165) is 12.3 Å². The number of hydrogen-bond acceptors (Lipinski definition) is 5. The molecule has 0 bridgehead atoms. The van der Waals surface area contributed by atoms with Crippen LogP contribution in [0.3, 0.4) is 0 Å². The van der Waals surface area contributed by atoms with Gasteiger partial charge in [-0.3, -0.25) is 9.69 Å². The van der Waals surface area contributed by atoms with E-state index in [0.29, 0.717) is 26.2 Å². The summed E-state index contributed by atoms with van der Waals surface area (Å²) in [6.07, 6.45) is -1.79. The van der Waals surface area contributed by atoms with Gasteiger partial charge in [0.15, 0.2) is 0 Å². The van der Waals surface area contributed by atoms with Crippen molar-refractivity contribution in [2.45, 2.75) is 6.18 Å². The fourth-order valence-electron chi connectivity index (χ4n) is 3.60. The number of carbonyl (C=O) groups is 1. The summed E-state index contributed by atoms with van der Waals surface area (Å²) in [4.78, 5) is 22.9. The number of halogens is 3. The lowest BCUT2D eigenvalue weighted by Crippen LogP contribution is -2.41. The number of rotatable bonds is 4. The maximum Gasteiger partial charge on any atom is 0.433 e. The number of carboxylic acids is 1. The first-order chi connectivity index (χ1) is 11.3. The number of hydrogen-bond donors (Lipinski definition) is 1. The summed E-state index contributed by atoms with van der Waals surface area (Å²) >= 11 is 0. The van der Waals surface area contributed by atoms with E-state index in [-0.39, 0.29) is 18.4 Å². The minimum Gasteiger partial charge on any atom is -0.481 e. The Hall–Kier alpha value is -2.16. The van der Waals surface area contributed by atoms with Crippen LogP contribution in [0, 0.1) is 11.3 Å². The van der Waals surface area contributed by atoms with Crippen LogP contribution in [-0.4, -0.2) is 58.7 Å². The van der Waals surface area contributed by atoms with E-state index in [2.05, 4.69) is 16.5 Å². The Kier molecular flexibility index (Phi) is 3.98. The van der Waals surface area contributed by atoms with Crippen LogP contribution < -0.4 is 4.90 Å². The predicted molar refractivity (Wildman–Crippen MR) is 79.4 cm³/mol. The van der Waals surface area contributed by atoms with E-state index in [4.69, 9.17) is 0 Å². The molecule has 2 saturated heterocycles. The first-order valence-electron chi connectivity index (χ1n) is 7.48. The Bertz CT molecular complexity index is 666. The van der Waals surface area contributed by atoms with Crippen LogP contribution in [0.1, 0.15) is 5.69 Å². The molecule has 2 atom stereocenters. The molecule has 0 spiro atoms. The summed E-state index contributed by atoms with van der Waals surface area (Å²) < 4.78 is 38.4. The lowest BCUT2D eigenvalue weighted by atomic mass is 9.81. The molecule has 0 radical (unpaired) electrons. The number of aliphatic carboxylic acids is 1. The van der Waals surface area contributed by atoms with Gasteiger partial charge in [0.1, 0.15) is 11.1 Å². The maximum absolute atomic E-state index is 12.8. The number of aromatic nitrogens is 2. The molecule has 1 aromatic rings. The van der Waals surface area contributed by atoms with Crippen molar-refractivity contribution in [3.05, 3.63) is 30.6 Å². The Balaban J connectivity index is 1.85. The highest BCUT2D eigenvalue weighted by Gasteiger charge is 2.58. The first-order valence-corrected chi connectivity index (χ1v) is 7.48. The first kappa shape index (κ1) is 16.7.